The molecule has 5 rings (SSSR count). The van der Waals surface area contributed by atoms with E-state index in [4.69, 9.17) is 42.6 Å². The Morgan fingerprint density at radius 2 is 0.518 bits per heavy atom. The number of ether oxygens (including phenoxy) is 9. The molecule has 328 valence electrons. The SMILES string of the molecule is OC[C@H]1O[C@H](O[C@H]2[C@H](O)[C@@H](O)[C@@H](O[C@H]3[C@H](O)[C@@H](O)[C@@H](O[C@H]4[C@H](O)[C@@H](O)[C@@H](O[C@H]5[C@H](O)[C@@H](O)[C@H](O)O[C@@H]5CO)O[C@@H]4CO)O[C@@H]3CO)O[C@@H]2CO)[C@H](O)[C@@H](O)[C@@H]1O. The van der Waals surface area contributed by atoms with Gasteiger partial charge in [-0.3, -0.25) is 0 Å². The first-order chi connectivity index (χ1) is 26.5. The van der Waals surface area contributed by atoms with Crippen LogP contribution in [0.25, 0.3) is 0 Å². The molecule has 0 aromatic rings. The first-order valence-corrected chi connectivity index (χ1v) is 17.6. The second kappa shape index (κ2) is 19.6. The van der Waals surface area contributed by atoms with Crippen LogP contribution in [0.3, 0.4) is 0 Å². The number of rotatable bonds is 13. The van der Waals surface area contributed by atoms with Crippen LogP contribution in [0.1, 0.15) is 0 Å². The minimum absolute atomic E-state index is 0.811. The molecule has 0 saturated carbocycles. The summed E-state index contributed by atoms with van der Waals surface area (Å²) >= 11 is 0. The van der Waals surface area contributed by atoms with Gasteiger partial charge in [0, 0.05) is 0 Å². The molecule has 5 saturated heterocycles. The highest BCUT2D eigenvalue weighted by Crippen LogP contribution is 2.35. The van der Waals surface area contributed by atoms with E-state index >= 15 is 0 Å². The Labute approximate surface area is 316 Å². The van der Waals surface area contributed by atoms with Crippen molar-refractivity contribution < 1.29 is 129 Å². The molecule has 0 bridgehead atoms. The molecular formula is C30H52O26. The van der Waals surface area contributed by atoms with Gasteiger partial charge in [0.15, 0.2) is 31.5 Å². The maximum Gasteiger partial charge on any atom is 0.187 e. The predicted octanol–water partition coefficient (Wildman–Crippen LogP) is -11.9. The summed E-state index contributed by atoms with van der Waals surface area (Å²) < 4.78 is 49.1. The lowest BCUT2D eigenvalue weighted by atomic mass is 9.95. The van der Waals surface area contributed by atoms with Crippen molar-refractivity contribution in [3.05, 3.63) is 0 Å². The second-order valence-corrected chi connectivity index (χ2v) is 13.9. The van der Waals surface area contributed by atoms with Gasteiger partial charge in [0.2, 0.25) is 0 Å². The van der Waals surface area contributed by atoms with Crippen LogP contribution in [0.5, 0.6) is 0 Å². The molecular weight excluding hydrogens is 776 g/mol. The van der Waals surface area contributed by atoms with Crippen LogP contribution in [0.4, 0.5) is 0 Å². The fourth-order valence-corrected chi connectivity index (χ4v) is 7.03. The summed E-state index contributed by atoms with van der Waals surface area (Å²) in [7, 11) is 0. The van der Waals surface area contributed by atoms with Gasteiger partial charge in [-0.25, -0.2) is 0 Å². The van der Waals surface area contributed by atoms with E-state index in [1.807, 2.05) is 0 Å². The third-order valence-corrected chi connectivity index (χ3v) is 10.3. The van der Waals surface area contributed by atoms with Gasteiger partial charge >= 0.3 is 0 Å². The zero-order valence-corrected chi connectivity index (χ0v) is 29.2. The Hall–Kier alpha value is -1.04. The smallest absolute Gasteiger partial charge is 0.187 e. The summed E-state index contributed by atoms with van der Waals surface area (Å²) in [6.07, 6.45) is -45.8. The van der Waals surface area contributed by atoms with E-state index in [0.29, 0.717) is 0 Å². The Morgan fingerprint density at radius 1 is 0.268 bits per heavy atom. The van der Waals surface area contributed by atoms with Gasteiger partial charge in [-0.1, -0.05) is 0 Å². The standard InChI is InChI=1S/C30H52O26/c31-1-6-11(36)12(37)18(43)27(49-6)54-23-8(3-33)51-29(20(45)14(23)39)56-25-10(5-35)52-30(21(46)16(25)41)55-24-9(4-34)50-28(19(44)15(24)40)53-22-7(2-32)48-26(47)17(42)13(22)38/h6-47H,1-5H2/t6-,7-,8-,9-,10-,11-,12+,13-,14-,15-,16-,17-,18-,19-,20-,21-,22-,23-,24-,25-,26-,27-,28-,29-,30-/m1/s1. The van der Waals surface area contributed by atoms with E-state index in [1.165, 1.54) is 0 Å². The molecule has 0 spiro atoms. The van der Waals surface area contributed by atoms with Crippen molar-refractivity contribution in [2.24, 2.45) is 0 Å². The highest BCUT2D eigenvalue weighted by Gasteiger charge is 2.56. The van der Waals surface area contributed by atoms with Crippen LogP contribution in [0.15, 0.2) is 0 Å². The Morgan fingerprint density at radius 3 is 0.821 bits per heavy atom. The van der Waals surface area contributed by atoms with Gasteiger partial charge in [0.05, 0.1) is 33.0 Å². The van der Waals surface area contributed by atoms with Crippen molar-refractivity contribution in [1.29, 1.82) is 0 Å². The van der Waals surface area contributed by atoms with Gasteiger partial charge in [0.25, 0.3) is 0 Å². The van der Waals surface area contributed by atoms with Crippen LogP contribution in [0.2, 0.25) is 0 Å². The van der Waals surface area contributed by atoms with E-state index < -0.39 is 187 Å². The molecule has 25 atom stereocenters. The highest BCUT2D eigenvalue weighted by molar-refractivity contribution is 4.99. The van der Waals surface area contributed by atoms with Gasteiger partial charge in [-0.15, -0.1) is 0 Å². The lowest BCUT2D eigenvalue weighted by Gasteiger charge is -2.49. The topological polar surface area (TPSA) is 427 Å². The normalized spacial score (nSPS) is 53.2. The molecule has 0 aliphatic carbocycles. The second-order valence-electron chi connectivity index (χ2n) is 13.9. The molecule has 5 fully saturated rings. The zero-order chi connectivity index (χ0) is 41.3. The minimum Gasteiger partial charge on any atom is -0.394 e. The number of hydrogen-bond acceptors (Lipinski definition) is 26. The van der Waals surface area contributed by atoms with Crippen molar-refractivity contribution in [2.45, 2.75) is 154 Å². The van der Waals surface area contributed by atoms with Gasteiger partial charge < -0.3 is 129 Å². The molecule has 0 aromatic heterocycles. The summed E-state index contributed by atoms with van der Waals surface area (Å²) in [6.45, 7) is -4.51. The van der Waals surface area contributed by atoms with Crippen LogP contribution in [0, 0.1) is 0 Å². The lowest BCUT2D eigenvalue weighted by Crippen LogP contribution is -2.68. The zero-order valence-electron chi connectivity index (χ0n) is 29.2. The van der Waals surface area contributed by atoms with Gasteiger partial charge in [0.1, 0.15) is 122 Å². The fourth-order valence-electron chi connectivity index (χ4n) is 7.03. The maximum absolute atomic E-state index is 11.1. The van der Waals surface area contributed by atoms with Crippen LogP contribution < -0.4 is 0 Å². The Bertz CT molecular complexity index is 1200. The number of hydrogen-bond donors (Lipinski definition) is 17. The lowest BCUT2D eigenvalue weighted by molar-refractivity contribution is -0.392. The van der Waals surface area contributed by atoms with E-state index in [1.54, 1.807) is 0 Å². The summed E-state index contributed by atoms with van der Waals surface area (Å²) in [4.78, 5) is 0. The fraction of sp³-hybridized carbons (Fsp3) is 1.00. The Balaban J connectivity index is 1.22. The molecule has 5 heterocycles. The molecule has 0 radical (unpaired) electrons. The average Bonchev–Trinajstić information content (AvgIpc) is 3.19. The third kappa shape index (κ3) is 9.16. The molecule has 17 N–H and O–H groups in total. The van der Waals surface area contributed by atoms with Crippen molar-refractivity contribution in [2.75, 3.05) is 33.0 Å². The van der Waals surface area contributed by atoms with Crippen molar-refractivity contribution >= 4 is 0 Å². The van der Waals surface area contributed by atoms with E-state index in [0.717, 1.165) is 0 Å². The van der Waals surface area contributed by atoms with Gasteiger partial charge in [-0.2, -0.15) is 0 Å². The summed E-state index contributed by atoms with van der Waals surface area (Å²) in [5.74, 6) is 0. The van der Waals surface area contributed by atoms with E-state index in [9.17, 15) is 86.8 Å². The van der Waals surface area contributed by atoms with Crippen LogP contribution in [-0.2, 0) is 42.6 Å². The quantitative estimate of drug-likeness (QED) is 0.0819. The number of aliphatic hydroxyl groups is 17. The van der Waals surface area contributed by atoms with Crippen molar-refractivity contribution in [1.82, 2.24) is 0 Å². The molecule has 0 aromatic carbocycles. The first kappa shape index (κ1) is 46.0. The molecule has 26 nitrogen and oxygen atoms in total. The van der Waals surface area contributed by atoms with Gasteiger partial charge in [-0.05, 0) is 0 Å². The van der Waals surface area contributed by atoms with E-state index in [2.05, 4.69) is 0 Å². The summed E-state index contributed by atoms with van der Waals surface area (Å²) in [5, 5.41) is 176. The minimum atomic E-state index is -2.12. The molecule has 56 heavy (non-hydrogen) atoms. The maximum atomic E-state index is 11.1. The average molecular weight is 829 g/mol. The predicted molar refractivity (Wildman–Crippen MR) is 167 cm³/mol. The summed E-state index contributed by atoms with van der Waals surface area (Å²) in [5.41, 5.74) is 0. The van der Waals surface area contributed by atoms with Crippen molar-refractivity contribution in [3.8, 4) is 0 Å². The molecule has 0 unspecified atom stereocenters. The Kier molecular flexibility index (Phi) is 16.1. The summed E-state index contributed by atoms with van der Waals surface area (Å²) in [6, 6.07) is 0. The molecule has 0 amide bonds. The third-order valence-electron chi connectivity index (χ3n) is 10.3. The van der Waals surface area contributed by atoms with Crippen molar-refractivity contribution in [3.63, 3.8) is 0 Å². The molecule has 26 heteroatoms. The highest BCUT2D eigenvalue weighted by atomic mass is 16.8. The van der Waals surface area contributed by atoms with E-state index in [-0.39, 0.29) is 0 Å². The largest absolute Gasteiger partial charge is 0.394 e. The first-order valence-electron chi connectivity index (χ1n) is 17.6. The number of aliphatic hydroxyl groups excluding tert-OH is 17. The molecule has 5 aliphatic heterocycles. The van der Waals surface area contributed by atoms with Crippen LogP contribution in [-0.4, -0.2) is 273 Å². The molecule has 5 aliphatic rings. The monoisotopic (exact) mass is 828 g/mol. The van der Waals surface area contributed by atoms with Crippen LogP contribution >= 0.6 is 0 Å².